The molecule has 0 amide bonds. The zero-order valence-corrected chi connectivity index (χ0v) is 11.8. The minimum absolute atomic E-state index is 0.0558. The number of carbonyl (C=O) groups excluding carboxylic acids is 1. The molecule has 1 rings (SSSR count). The molecule has 1 saturated carbocycles. The molecule has 1 fully saturated rings. The van der Waals surface area contributed by atoms with Crippen molar-refractivity contribution in [2.45, 2.75) is 26.2 Å². The second-order valence-electron chi connectivity index (χ2n) is 4.73. The number of nitrogens with zero attached hydrogens (tertiary/aromatic N) is 1. The molecular weight excluding hydrogens is 280 g/mol. The van der Waals surface area contributed by atoms with Gasteiger partial charge in [-0.2, -0.15) is 0 Å². The Morgan fingerprint density at radius 3 is 2.67 bits per heavy atom. The van der Waals surface area contributed by atoms with Crippen LogP contribution in [0.2, 0.25) is 0 Å². The molecule has 0 aromatic rings. The van der Waals surface area contributed by atoms with Crippen LogP contribution >= 0.6 is 0 Å². The first kappa shape index (κ1) is 17.0. The zero-order chi connectivity index (χ0) is 15.8. The lowest BCUT2D eigenvalue weighted by molar-refractivity contribution is -0.140. The predicted molar refractivity (Wildman–Crippen MR) is 73.0 cm³/mol. The number of carboxylic acid groups (broad SMARTS) is 1. The maximum atomic E-state index is 11.2. The van der Waals surface area contributed by atoms with Crippen LogP contribution in [-0.4, -0.2) is 41.2 Å². The smallest absolute Gasteiger partial charge is 0.374 e. The predicted octanol–water partition coefficient (Wildman–Crippen LogP) is 0.215. The maximum Gasteiger partial charge on any atom is 0.374 e. The molecule has 8 nitrogen and oxygen atoms in total. The van der Waals surface area contributed by atoms with E-state index < -0.39 is 17.7 Å². The molecule has 0 aromatic carbocycles. The monoisotopic (exact) mass is 300 g/mol. The fraction of sp³-hybridized carbons (Fsp3) is 0.615. The number of esters is 1. The van der Waals surface area contributed by atoms with Crippen LogP contribution in [-0.2, 0) is 19.2 Å². The number of amidine groups is 1. The molecule has 0 bridgehead atoms. The number of nitrogens with two attached hydrogens (primary N) is 1. The van der Waals surface area contributed by atoms with Crippen molar-refractivity contribution >= 4 is 17.8 Å². The van der Waals surface area contributed by atoms with Crippen LogP contribution < -0.4 is 5.73 Å². The number of aliphatic hydroxyl groups is 1. The van der Waals surface area contributed by atoms with Crippen LogP contribution in [0, 0.1) is 11.8 Å². The average Bonchev–Trinajstić information content (AvgIpc) is 2.92. The molecule has 1 aliphatic carbocycles. The van der Waals surface area contributed by atoms with Gasteiger partial charge >= 0.3 is 11.9 Å². The van der Waals surface area contributed by atoms with E-state index in [1.807, 2.05) is 0 Å². The van der Waals surface area contributed by atoms with E-state index in [-0.39, 0.29) is 30.9 Å². The van der Waals surface area contributed by atoms with Gasteiger partial charge in [0.15, 0.2) is 0 Å². The fourth-order valence-electron chi connectivity index (χ4n) is 2.10. The third kappa shape index (κ3) is 5.42. The Labute approximate surface area is 122 Å². The summed E-state index contributed by atoms with van der Waals surface area (Å²) in [6, 6.07) is 0. The Hall–Kier alpha value is -2.09. The van der Waals surface area contributed by atoms with Crippen LogP contribution in [0.4, 0.5) is 0 Å². The molecule has 21 heavy (non-hydrogen) atoms. The van der Waals surface area contributed by atoms with Gasteiger partial charge in [0.05, 0.1) is 12.7 Å². The molecule has 2 atom stereocenters. The Morgan fingerprint density at radius 1 is 1.43 bits per heavy atom. The Balaban J connectivity index is 2.65. The number of oxime groups is 1. The summed E-state index contributed by atoms with van der Waals surface area (Å²) in [6.45, 7) is 1.81. The molecule has 1 aliphatic rings. The third-order valence-electron chi connectivity index (χ3n) is 3.21. The highest BCUT2D eigenvalue weighted by Crippen LogP contribution is 2.30. The molecule has 0 spiro atoms. The Bertz CT molecular complexity index is 446. The van der Waals surface area contributed by atoms with Gasteiger partial charge in [-0.15, -0.1) is 0 Å². The number of rotatable bonds is 7. The SMILES string of the molecule is CCOC(=O)C=C(ON=C(N)C1CCC(CO)C1)C(=O)O. The van der Waals surface area contributed by atoms with E-state index in [1.165, 1.54) is 0 Å². The first-order chi connectivity index (χ1) is 9.97. The van der Waals surface area contributed by atoms with Crippen molar-refractivity contribution < 1.29 is 29.4 Å². The minimum atomic E-state index is -1.45. The van der Waals surface area contributed by atoms with E-state index in [2.05, 4.69) is 9.89 Å². The molecule has 8 heteroatoms. The molecule has 0 saturated heterocycles. The lowest BCUT2D eigenvalue weighted by Crippen LogP contribution is -2.23. The van der Waals surface area contributed by atoms with Gasteiger partial charge in [-0.1, -0.05) is 5.16 Å². The van der Waals surface area contributed by atoms with E-state index in [0.29, 0.717) is 12.5 Å². The number of aliphatic hydroxyl groups excluding tert-OH is 1. The van der Waals surface area contributed by atoms with Gasteiger partial charge in [-0.25, -0.2) is 9.59 Å². The summed E-state index contributed by atoms with van der Waals surface area (Å²) in [5.41, 5.74) is 5.74. The Morgan fingerprint density at radius 2 is 2.14 bits per heavy atom. The van der Waals surface area contributed by atoms with Gasteiger partial charge in [0, 0.05) is 12.5 Å². The van der Waals surface area contributed by atoms with Crippen molar-refractivity contribution in [3.8, 4) is 0 Å². The molecular formula is C13H20N2O6. The van der Waals surface area contributed by atoms with E-state index in [1.54, 1.807) is 6.92 Å². The number of ether oxygens (including phenoxy) is 1. The average molecular weight is 300 g/mol. The number of hydrogen-bond acceptors (Lipinski definition) is 6. The first-order valence-electron chi connectivity index (χ1n) is 6.70. The highest BCUT2D eigenvalue weighted by molar-refractivity contribution is 5.93. The second kappa shape index (κ2) is 8.25. The number of hydrogen-bond donors (Lipinski definition) is 3. The third-order valence-corrected chi connectivity index (χ3v) is 3.21. The summed E-state index contributed by atoms with van der Waals surface area (Å²) in [5, 5.41) is 21.5. The zero-order valence-electron chi connectivity index (χ0n) is 11.8. The van der Waals surface area contributed by atoms with Crippen LogP contribution in [0.3, 0.4) is 0 Å². The van der Waals surface area contributed by atoms with Gasteiger partial charge in [-0.05, 0) is 32.1 Å². The van der Waals surface area contributed by atoms with Crippen LogP contribution in [0.15, 0.2) is 17.0 Å². The molecule has 2 unspecified atom stereocenters. The van der Waals surface area contributed by atoms with E-state index in [4.69, 9.17) is 20.8 Å². The summed E-state index contributed by atoms with van der Waals surface area (Å²) in [4.78, 5) is 26.8. The van der Waals surface area contributed by atoms with Crippen LogP contribution in [0.25, 0.3) is 0 Å². The lowest BCUT2D eigenvalue weighted by atomic mass is 10.1. The van der Waals surface area contributed by atoms with Crippen molar-refractivity contribution in [2.75, 3.05) is 13.2 Å². The van der Waals surface area contributed by atoms with Crippen LogP contribution in [0.5, 0.6) is 0 Å². The summed E-state index contributed by atoms with van der Waals surface area (Å²) < 4.78 is 4.59. The summed E-state index contributed by atoms with van der Waals surface area (Å²) in [7, 11) is 0. The van der Waals surface area contributed by atoms with Crippen molar-refractivity contribution in [3.63, 3.8) is 0 Å². The standard InChI is InChI=1S/C13H20N2O6/c1-2-20-11(17)6-10(13(18)19)21-15-12(14)9-4-3-8(5-9)7-16/h6,8-9,16H,2-5,7H2,1H3,(H2,14,15)(H,18,19). The van der Waals surface area contributed by atoms with Gasteiger partial charge < -0.3 is 25.5 Å². The minimum Gasteiger partial charge on any atom is -0.475 e. The summed E-state index contributed by atoms with van der Waals surface area (Å²) >= 11 is 0. The maximum absolute atomic E-state index is 11.2. The normalized spacial score (nSPS) is 23.0. The van der Waals surface area contributed by atoms with Crippen molar-refractivity contribution in [3.05, 3.63) is 11.8 Å². The van der Waals surface area contributed by atoms with Crippen molar-refractivity contribution in [1.29, 1.82) is 0 Å². The van der Waals surface area contributed by atoms with Crippen LogP contribution in [0.1, 0.15) is 26.2 Å². The summed E-state index contributed by atoms with van der Waals surface area (Å²) in [5.74, 6) is -2.66. The van der Waals surface area contributed by atoms with Gasteiger partial charge in [0.25, 0.3) is 0 Å². The topological polar surface area (TPSA) is 131 Å². The van der Waals surface area contributed by atoms with E-state index in [9.17, 15) is 9.59 Å². The van der Waals surface area contributed by atoms with E-state index >= 15 is 0 Å². The second-order valence-corrected chi connectivity index (χ2v) is 4.73. The summed E-state index contributed by atoms with van der Waals surface area (Å²) in [6.07, 6.45) is 2.97. The van der Waals surface area contributed by atoms with Gasteiger partial charge in [0.2, 0.25) is 5.76 Å². The molecule has 0 radical (unpaired) electrons. The van der Waals surface area contributed by atoms with Gasteiger partial charge in [0.1, 0.15) is 5.84 Å². The Kier molecular flexibility index (Phi) is 6.67. The fourth-order valence-corrected chi connectivity index (χ4v) is 2.10. The molecule has 0 heterocycles. The molecule has 0 aliphatic heterocycles. The van der Waals surface area contributed by atoms with Crippen molar-refractivity contribution in [2.24, 2.45) is 22.7 Å². The van der Waals surface area contributed by atoms with E-state index in [0.717, 1.165) is 12.8 Å². The largest absolute Gasteiger partial charge is 0.475 e. The highest BCUT2D eigenvalue weighted by Gasteiger charge is 2.27. The molecule has 4 N–H and O–H groups in total. The quantitative estimate of drug-likeness (QED) is 0.153. The number of carboxylic acids is 1. The number of carbonyl (C=O) groups is 2. The molecule has 0 aromatic heterocycles. The highest BCUT2D eigenvalue weighted by atomic mass is 16.6. The van der Waals surface area contributed by atoms with Gasteiger partial charge in [-0.3, -0.25) is 0 Å². The van der Waals surface area contributed by atoms with Crippen molar-refractivity contribution in [1.82, 2.24) is 0 Å². The number of aliphatic carboxylic acids is 1. The molecule has 118 valence electrons. The lowest BCUT2D eigenvalue weighted by Gasteiger charge is -2.09. The first-order valence-corrected chi connectivity index (χ1v) is 6.70.